The Morgan fingerprint density at radius 1 is 1.24 bits per heavy atom. The lowest BCUT2D eigenvalue weighted by Gasteiger charge is -2.04. The maximum atomic E-state index is 11.1. The SMILES string of the molecule is CC(=O)Cc1nc(C)cc(-c2ccncc2)n1. The van der Waals surface area contributed by atoms with Crippen LogP contribution < -0.4 is 0 Å². The Labute approximate surface area is 99.8 Å². The molecule has 0 amide bonds. The maximum Gasteiger partial charge on any atom is 0.137 e. The number of hydrogen-bond acceptors (Lipinski definition) is 4. The van der Waals surface area contributed by atoms with Crippen molar-refractivity contribution < 1.29 is 4.79 Å². The van der Waals surface area contributed by atoms with Crippen LogP contribution in [0, 0.1) is 6.92 Å². The molecule has 0 fully saturated rings. The van der Waals surface area contributed by atoms with Crippen LogP contribution in [0.1, 0.15) is 18.4 Å². The Hall–Kier alpha value is -2.10. The van der Waals surface area contributed by atoms with Crippen LogP contribution in [0.3, 0.4) is 0 Å². The van der Waals surface area contributed by atoms with Crippen LogP contribution in [0.2, 0.25) is 0 Å². The summed E-state index contributed by atoms with van der Waals surface area (Å²) in [4.78, 5) is 23.7. The van der Waals surface area contributed by atoms with Crippen molar-refractivity contribution in [2.75, 3.05) is 0 Å². The van der Waals surface area contributed by atoms with E-state index in [1.54, 1.807) is 12.4 Å². The molecule has 2 heterocycles. The highest BCUT2D eigenvalue weighted by molar-refractivity contribution is 5.77. The first-order chi connectivity index (χ1) is 8.15. The fourth-order valence-electron chi connectivity index (χ4n) is 1.60. The number of Topliss-reactive ketones (excluding diaryl/α,β-unsaturated/α-hetero) is 1. The van der Waals surface area contributed by atoms with Gasteiger partial charge in [-0.25, -0.2) is 9.97 Å². The van der Waals surface area contributed by atoms with Crippen LogP contribution in [0.5, 0.6) is 0 Å². The fourth-order valence-corrected chi connectivity index (χ4v) is 1.60. The van der Waals surface area contributed by atoms with E-state index >= 15 is 0 Å². The Morgan fingerprint density at radius 3 is 2.59 bits per heavy atom. The third-order valence-electron chi connectivity index (χ3n) is 2.28. The standard InChI is InChI=1S/C13H13N3O/c1-9-7-12(11-3-5-14-6-4-11)16-13(15-9)8-10(2)17/h3-7H,8H2,1-2H3. The van der Waals surface area contributed by atoms with Crippen molar-refractivity contribution in [2.24, 2.45) is 0 Å². The predicted octanol–water partition coefficient (Wildman–Crippen LogP) is 1.98. The van der Waals surface area contributed by atoms with E-state index in [9.17, 15) is 4.79 Å². The Morgan fingerprint density at radius 2 is 1.94 bits per heavy atom. The van der Waals surface area contributed by atoms with Gasteiger partial charge in [0.2, 0.25) is 0 Å². The van der Waals surface area contributed by atoms with Gasteiger partial charge in [0, 0.05) is 23.7 Å². The molecule has 0 unspecified atom stereocenters. The number of ketones is 1. The van der Waals surface area contributed by atoms with Gasteiger partial charge >= 0.3 is 0 Å². The molecule has 0 saturated carbocycles. The van der Waals surface area contributed by atoms with Crippen LogP contribution in [0.4, 0.5) is 0 Å². The van der Waals surface area contributed by atoms with E-state index in [1.165, 1.54) is 6.92 Å². The lowest BCUT2D eigenvalue weighted by Crippen LogP contribution is -2.04. The lowest BCUT2D eigenvalue weighted by atomic mass is 10.1. The van der Waals surface area contributed by atoms with Crippen molar-refractivity contribution in [3.63, 3.8) is 0 Å². The van der Waals surface area contributed by atoms with Gasteiger partial charge in [-0.3, -0.25) is 9.78 Å². The minimum absolute atomic E-state index is 0.0660. The molecule has 2 aromatic rings. The number of aromatic nitrogens is 3. The summed E-state index contributed by atoms with van der Waals surface area (Å²) in [5, 5.41) is 0. The second-order valence-electron chi connectivity index (χ2n) is 3.93. The van der Waals surface area contributed by atoms with Crippen molar-refractivity contribution in [2.45, 2.75) is 20.3 Å². The summed E-state index contributed by atoms with van der Waals surface area (Å²) in [7, 11) is 0. The first-order valence-electron chi connectivity index (χ1n) is 5.39. The Bertz CT molecular complexity index is 538. The van der Waals surface area contributed by atoms with Gasteiger partial charge in [-0.05, 0) is 32.0 Å². The van der Waals surface area contributed by atoms with Gasteiger partial charge in [0.1, 0.15) is 11.6 Å². The number of pyridine rings is 1. The molecule has 0 N–H and O–H groups in total. The Kier molecular flexibility index (Phi) is 3.23. The molecular formula is C13H13N3O. The molecule has 0 aliphatic carbocycles. The monoisotopic (exact) mass is 227 g/mol. The molecule has 0 aliphatic rings. The quantitative estimate of drug-likeness (QED) is 0.804. The number of carbonyl (C=O) groups is 1. The molecule has 0 aliphatic heterocycles. The van der Waals surface area contributed by atoms with E-state index in [1.807, 2.05) is 25.1 Å². The molecule has 0 spiro atoms. The van der Waals surface area contributed by atoms with Crippen molar-refractivity contribution in [3.05, 3.63) is 42.1 Å². The van der Waals surface area contributed by atoms with E-state index in [0.29, 0.717) is 5.82 Å². The summed E-state index contributed by atoms with van der Waals surface area (Å²) in [6, 6.07) is 5.68. The molecule has 0 saturated heterocycles. The van der Waals surface area contributed by atoms with E-state index in [-0.39, 0.29) is 12.2 Å². The maximum absolute atomic E-state index is 11.1. The van der Waals surface area contributed by atoms with Crippen molar-refractivity contribution in [1.82, 2.24) is 15.0 Å². The highest BCUT2D eigenvalue weighted by Crippen LogP contribution is 2.16. The first kappa shape index (κ1) is 11.4. The largest absolute Gasteiger partial charge is 0.300 e. The zero-order valence-corrected chi connectivity index (χ0v) is 9.84. The molecule has 17 heavy (non-hydrogen) atoms. The van der Waals surface area contributed by atoms with Crippen molar-refractivity contribution in [1.29, 1.82) is 0 Å². The molecule has 0 bridgehead atoms. The summed E-state index contributed by atoms with van der Waals surface area (Å²) < 4.78 is 0. The molecule has 0 atom stereocenters. The molecule has 86 valence electrons. The molecule has 4 heteroatoms. The number of carbonyl (C=O) groups excluding carboxylic acids is 1. The highest BCUT2D eigenvalue weighted by Gasteiger charge is 2.06. The van der Waals surface area contributed by atoms with Gasteiger partial charge in [-0.15, -0.1) is 0 Å². The highest BCUT2D eigenvalue weighted by atomic mass is 16.1. The second-order valence-corrected chi connectivity index (χ2v) is 3.93. The van der Waals surface area contributed by atoms with Crippen LogP contribution in [0.15, 0.2) is 30.6 Å². The third-order valence-corrected chi connectivity index (χ3v) is 2.28. The van der Waals surface area contributed by atoms with Gasteiger partial charge in [0.15, 0.2) is 0 Å². The number of hydrogen-bond donors (Lipinski definition) is 0. The molecule has 2 aromatic heterocycles. The summed E-state index contributed by atoms with van der Waals surface area (Å²) in [6.45, 7) is 3.44. The van der Waals surface area contributed by atoms with Gasteiger partial charge in [0.25, 0.3) is 0 Å². The van der Waals surface area contributed by atoms with Crippen LogP contribution >= 0.6 is 0 Å². The fraction of sp³-hybridized carbons (Fsp3) is 0.231. The summed E-state index contributed by atoms with van der Waals surface area (Å²) in [5.74, 6) is 0.639. The molecule has 0 aromatic carbocycles. The zero-order chi connectivity index (χ0) is 12.3. The zero-order valence-electron chi connectivity index (χ0n) is 9.84. The smallest absolute Gasteiger partial charge is 0.137 e. The minimum atomic E-state index is 0.0660. The molecule has 2 rings (SSSR count). The Balaban J connectivity index is 2.42. The third kappa shape index (κ3) is 2.93. The predicted molar refractivity (Wildman–Crippen MR) is 64.4 cm³/mol. The van der Waals surface area contributed by atoms with Crippen molar-refractivity contribution in [3.8, 4) is 11.3 Å². The first-order valence-corrected chi connectivity index (χ1v) is 5.39. The van der Waals surface area contributed by atoms with Gasteiger partial charge in [0.05, 0.1) is 12.1 Å². The van der Waals surface area contributed by atoms with Gasteiger partial charge < -0.3 is 0 Å². The lowest BCUT2D eigenvalue weighted by molar-refractivity contribution is -0.116. The molecule has 4 nitrogen and oxygen atoms in total. The normalized spacial score (nSPS) is 10.2. The van der Waals surface area contributed by atoms with E-state index in [4.69, 9.17) is 0 Å². The summed E-state index contributed by atoms with van der Waals surface area (Å²) >= 11 is 0. The number of aryl methyl sites for hydroxylation is 1. The van der Waals surface area contributed by atoms with Gasteiger partial charge in [-0.2, -0.15) is 0 Å². The second kappa shape index (κ2) is 4.82. The summed E-state index contributed by atoms with van der Waals surface area (Å²) in [6.07, 6.45) is 3.72. The molecule has 0 radical (unpaired) electrons. The number of nitrogens with zero attached hydrogens (tertiary/aromatic N) is 3. The topological polar surface area (TPSA) is 55.7 Å². The van der Waals surface area contributed by atoms with E-state index in [0.717, 1.165) is 17.0 Å². The number of rotatable bonds is 3. The van der Waals surface area contributed by atoms with E-state index < -0.39 is 0 Å². The van der Waals surface area contributed by atoms with Gasteiger partial charge in [-0.1, -0.05) is 0 Å². The van der Waals surface area contributed by atoms with Crippen LogP contribution in [0.25, 0.3) is 11.3 Å². The molecular weight excluding hydrogens is 214 g/mol. The van der Waals surface area contributed by atoms with Crippen LogP contribution in [-0.4, -0.2) is 20.7 Å². The van der Waals surface area contributed by atoms with E-state index in [2.05, 4.69) is 15.0 Å². The summed E-state index contributed by atoms with van der Waals surface area (Å²) in [5.41, 5.74) is 2.68. The average Bonchev–Trinajstić information content (AvgIpc) is 2.28. The average molecular weight is 227 g/mol. The van der Waals surface area contributed by atoms with Crippen molar-refractivity contribution >= 4 is 5.78 Å². The minimum Gasteiger partial charge on any atom is -0.300 e. The van der Waals surface area contributed by atoms with Crippen LogP contribution in [-0.2, 0) is 11.2 Å².